The molecule has 0 aliphatic heterocycles. The maximum Gasteiger partial charge on any atom is 0.244 e. The van der Waals surface area contributed by atoms with E-state index in [1.165, 1.54) is 0 Å². The lowest BCUT2D eigenvalue weighted by Gasteiger charge is -2.20. The minimum absolute atomic E-state index is 0.186. The molecule has 0 bridgehead atoms. The summed E-state index contributed by atoms with van der Waals surface area (Å²) in [5, 5.41) is 2.69. The van der Waals surface area contributed by atoms with E-state index in [0.29, 0.717) is 12.1 Å². The second-order valence-corrected chi connectivity index (χ2v) is 5.47. The van der Waals surface area contributed by atoms with Crippen LogP contribution in [0, 0.1) is 0 Å². The molecule has 2 aromatic carbocycles. The third kappa shape index (κ3) is 5.23. The first-order valence-corrected chi connectivity index (χ1v) is 7.42. The molecule has 120 valence electrons. The van der Waals surface area contributed by atoms with Crippen molar-refractivity contribution in [3.8, 4) is 0 Å². The topological polar surface area (TPSA) is 75.4 Å². The van der Waals surface area contributed by atoms with Crippen molar-refractivity contribution in [1.29, 1.82) is 0 Å². The summed E-state index contributed by atoms with van der Waals surface area (Å²) in [6, 6.07) is 18.1. The standard InChI is InChI=1S/C18H21N3O2/c1-21(12-14-8-4-2-5-9-14)13-16(22)20-17(18(19)23)15-10-6-3-7-11-15/h2-11,17H,12-13H2,1H3,(H2,19,23)(H,20,22)/t17-/m1/s1. The van der Waals surface area contributed by atoms with Gasteiger partial charge in [0.05, 0.1) is 6.54 Å². The number of hydrogen-bond acceptors (Lipinski definition) is 3. The van der Waals surface area contributed by atoms with Crippen LogP contribution in [-0.2, 0) is 16.1 Å². The Balaban J connectivity index is 1.93. The van der Waals surface area contributed by atoms with Gasteiger partial charge in [0.15, 0.2) is 0 Å². The zero-order valence-electron chi connectivity index (χ0n) is 13.1. The number of nitrogens with one attached hydrogen (secondary N) is 1. The number of carbonyl (C=O) groups is 2. The van der Waals surface area contributed by atoms with Crippen LogP contribution in [0.1, 0.15) is 17.2 Å². The Labute approximate surface area is 136 Å². The van der Waals surface area contributed by atoms with Crippen LogP contribution in [0.25, 0.3) is 0 Å². The van der Waals surface area contributed by atoms with Crippen molar-refractivity contribution in [3.05, 3.63) is 71.8 Å². The summed E-state index contributed by atoms with van der Waals surface area (Å²) in [6.07, 6.45) is 0. The fraction of sp³-hybridized carbons (Fsp3) is 0.222. The third-order valence-corrected chi connectivity index (χ3v) is 3.43. The molecule has 0 aliphatic carbocycles. The van der Waals surface area contributed by atoms with Gasteiger partial charge in [0.1, 0.15) is 6.04 Å². The molecule has 0 unspecified atom stereocenters. The van der Waals surface area contributed by atoms with Crippen LogP contribution in [-0.4, -0.2) is 30.3 Å². The van der Waals surface area contributed by atoms with E-state index in [1.807, 2.05) is 48.3 Å². The van der Waals surface area contributed by atoms with Crippen LogP contribution < -0.4 is 11.1 Å². The Hall–Kier alpha value is -2.66. The first kappa shape index (κ1) is 16.7. The van der Waals surface area contributed by atoms with Gasteiger partial charge in [0.25, 0.3) is 0 Å². The van der Waals surface area contributed by atoms with Gasteiger partial charge >= 0.3 is 0 Å². The summed E-state index contributed by atoms with van der Waals surface area (Å²) < 4.78 is 0. The van der Waals surface area contributed by atoms with Crippen molar-refractivity contribution in [3.63, 3.8) is 0 Å². The molecular weight excluding hydrogens is 290 g/mol. The highest BCUT2D eigenvalue weighted by molar-refractivity contribution is 5.88. The SMILES string of the molecule is CN(CC(=O)N[C@@H](C(N)=O)c1ccccc1)Cc1ccccc1. The summed E-state index contributed by atoms with van der Waals surface area (Å²) in [6.45, 7) is 0.840. The molecule has 3 N–H and O–H groups in total. The van der Waals surface area contributed by atoms with E-state index in [9.17, 15) is 9.59 Å². The van der Waals surface area contributed by atoms with Crippen LogP contribution in [0.4, 0.5) is 0 Å². The van der Waals surface area contributed by atoms with E-state index in [2.05, 4.69) is 5.32 Å². The molecule has 0 saturated heterocycles. The number of carbonyl (C=O) groups excluding carboxylic acids is 2. The Morgan fingerprint density at radius 3 is 2.17 bits per heavy atom. The van der Waals surface area contributed by atoms with E-state index in [-0.39, 0.29) is 12.5 Å². The molecule has 0 aromatic heterocycles. The summed E-state index contributed by atoms with van der Waals surface area (Å²) in [4.78, 5) is 25.7. The van der Waals surface area contributed by atoms with E-state index < -0.39 is 11.9 Å². The maximum absolute atomic E-state index is 12.2. The average molecular weight is 311 g/mol. The van der Waals surface area contributed by atoms with E-state index in [1.54, 1.807) is 24.3 Å². The number of hydrogen-bond donors (Lipinski definition) is 2. The van der Waals surface area contributed by atoms with Gasteiger partial charge in [-0.05, 0) is 18.2 Å². The second kappa shape index (κ2) is 8.10. The highest BCUT2D eigenvalue weighted by Gasteiger charge is 2.20. The summed E-state index contributed by atoms with van der Waals surface area (Å²) in [7, 11) is 1.86. The number of benzene rings is 2. The summed E-state index contributed by atoms with van der Waals surface area (Å²) >= 11 is 0. The molecule has 0 saturated carbocycles. The number of nitrogens with two attached hydrogens (primary N) is 1. The predicted molar refractivity (Wildman–Crippen MR) is 89.3 cm³/mol. The number of amides is 2. The molecular formula is C18H21N3O2. The lowest BCUT2D eigenvalue weighted by atomic mass is 10.1. The lowest BCUT2D eigenvalue weighted by molar-refractivity contribution is -0.128. The molecule has 5 heteroatoms. The fourth-order valence-corrected chi connectivity index (χ4v) is 2.37. The fourth-order valence-electron chi connectivity index (χ4n) is 2.37. The smallest absolute Gasteiger partial charge is 0.244 e. The summed E-state index contributed by atoms with van der Waals surface area (Å²) in [5.41, 5.74) is 7.21. The quantitative estimate of drug-likeness (QED) is 0.813. The molecule has 1 atom stereocenters. The van der Waals surface area contributed by atoms with Crippen LogP contribution in [0.15, 0.2) is 60.7 Å². The van der Waals surface area contributed by atoms with Gasteiger partial charge < -0.3 is 11.1 Å². The minimum Gasteiger partial charge on any atom is -0.368 e. The number of likely N-dealkylation sites (N-methyl/N-ethyl adjacent to an activating group) is 1. The van der Waals surface area contributed by atoms with Gasteiger partial charge in [-0.1, -0.05) is 60.7 Å². The van der Waals surface area contributed by atoms with Crippen molar-refractivity contribution in [2.24, 2.45) is 5.73 Å². The van der Waals surface area contributed by atoms with Crippen LogP contribution in [0.3, 0.4) is 0 Å². The highest BCUT2D eigenvalue weighted by Crippen LogP contribution is 2.12. The predicted octanol–water partition coefficient (Wildman–Crippen LogP) is 1.46. The molecule has 0 aliphatic rings. The number of primary amides is 1. The Bertz CT molecular complexity index is 644. The van der Waals surface area contributed by atoms with Gasteiger partial charge in [0, 0.05) is 6.54 Å². The largest absolute Gasteiger partial charge is 0.368 e. The first-order chi connectivity index (χ1) is 11.1. The molecule has 2 aromatic rings. The Morgan fingerprint density at radius 2 is 1.61 bits per heavy atom. The number of rotatable bonds is 7. The van der Waals surface area contributed by atoms with Crippen LogP contribution in [0.5, 0.6) is 0 Å². The van der Waals surface area contributed by atoms with Gasteiger partial charge in [0.2, 0.25) is 11.8 Å². The van der Waals surface area contributed by atoms with Crippen LogP contribution in [0.2, 0.25) is 0 Å². The van der Waals surface area contributed by atoms with Crippen molar-refractivity contribution >= 4 is 11.8 Å². The number of nitrogens with zero attached hydrogens (tertiary/aromatic N) is 1. The molecule has 0 radical (unpaired) electrons. The minimum atomic E-state index is -0.811. The molecule has 2 rings (SSSR count). The molecule has 0 spiro atoms. The molecule has 2 amide bonds. The second-order valence-electron chi connectivity index (χ2n) is 5.47. The molecule has 0 fully saturated rings. The van der Waals surface area contributed by atoms with Gasteiger partial charge in [-0.2, -0.15) is 0 Å². The average Bonchev–Trinajstić information content (AvgIpc) is 2.54. The molecule has 23 heavy (non-hydrogen) atoms. The van der Waals surface area contributed by atoms with Crippen molar-refractivity contribution in [2.75, 3.05) is 13.6 Å². The van der Waals surface area contributed by atoms with Crippen molar-refractivity contribution in [2.45, 2.75) is 12.6 Å². The monoisotopic (exact) mass is 311 g/mol. The van der Waals surface area contributed by atoms with E-state index >= 15 is 0 Å². The molecule has 0 heterocycles. The van der Waals surface area contributed by atoms with E-state index in [4.69, 9.17) is 5.73 Å². The zero-order valence-corrected chi connectivity index (χ0v) is 13.1. The van der Waals surface area contributed by atoms with Crippen molar-refractivity contribution in [1.82, 2.24) is 10.2 Å². The Morgan fingerprint density at radius 1 is 1.04 bits per heavy atom. The van der Waals surface area contributed by atoms with Gasteiger partial charge in [-0.3, -0.25) is 14.5 Å². The lowest BCUT2D eigenvalue weighted by Crippen LogP contribution is -2.41. The van der Waals surface area contributed by atoms with Crippen LogP contribution >= 0.6 is 0 Å². The van der Waals surface area contributed by atoms with Crippen molar-refractivity contribution < 1.29 is 9.59 Å². The zero-order chi connectivity index (χ0) is 16.7. The Kier molecular flexibility index (Phi) is 5.88. The third-order valence-electron chi connectivity index (χ3n) is 3.43. The highest BCUT2D eigenvalue weighted by atomic mass is 16.2. The molecule has 5 nitrogen and oxygen atoms in total. The van der Waals surface area contributed by atoms with E-state index in [0.717, 1.165) is 5.56 Å². The maximum atomic E-state index is 12.2. The van der Waals surface area contributed by atoms with Gasteiger partial charge in [-0.25, -0.2) is 0 Å². The van der Waals surface area contributed by atoms with Gasteiger partial charge in [-0.15, -0.1) is 0 Å². The normalized spacial score (nSPS) is 11.9. The summed E-state index contributed by atoms with van der Waals surface area (Å²) in [5.74, 6) is -0.814. The first-order valence-electron chi connectivity index (χ1n) is 7.42.